The number of carbonyl (C=O) groups is 2. The van der Waals surface area contributed by atoms with E-state index >= 15 is 0 Å². The number of hydrogen-bond donors (Lipinski definition) is 0. The third kappa shape index (κ3) is 5.53. The minimum atomic E-state index is -0.374. The van der Waals surface area contributed by atoms with Crippen LogP contribution in [-0.4, -0.2) is 23.2 Å². The Kier molecular flexibility index (Phi) is 7.73. The summed E-state index contributed by atoms with van der Waals surface area (Å²) < 4.78 is 11.3. The van der Waals surface area contributed by atoms with Crippen LogP contribution in [0.5, 0.6) is 11.5 Å². The molecular formula is C25H18Cl3NO4S. The lowest BCUT2D eigenvalue weighted by molar-refractivity contribution is -0.123. The highest BCUT2D eigenvalue weighted by Crippen LogP contribution is 2.36. The number of amides is 2. The molecule has 4 rings (SSSR count). The molecule has 3 aromatic carbocycles. The van der Waals surface area contributed by atoms with E-state index in [4.69, 9.17) is 44.3 Å². The molecule has 34 heavy (non-hydrogen) atoms. The zero-order valence-electron chi connectivity index (χ0n) is 17.9. The molecule has 174 valence electrons. The van der Waals surface area contributed by atoms with Gasteiger partial charge in [0.25, 0.3) is 11.1 Å². The summed E-state index contributed by atoms with van der Waals surface area (Å²) in [5.41, 5.74) is 2.15. The monoisotopic (exact) mass is 533 g/mol. The lowest BCUT2D eigenvalue weighted by atomic mass is 10.1. The van der Waals surface area contributed by atoms with E-state index in [0.717, 1.165) is 17.3 Å². The molecule has 0 N–H and O–H groups in total. The summed E-state index contributed by atoms with van der Waals surface area (Å²) >= 11 is 19.3. The number of benzene rings is 3. The van der Waals surface area contributed by atoms with Gasteiger partial charge < -0.3 is 9.47 Å². The van der Waals surface area contributed by atoms with E-state index in [1.807, 2.05) is 6.07 Å². The molecule has 3 aromatic rings. The molecule has 2 amide bonds. The van der Waals surface area contributed by atoms with E-state index in [1.54, 1.807) is 60.7 Å². The number of methoxy groups -OCH3 is 1. The number of carbonyl (C=O) groups excluding carboxylic acids is 2. The summed E-state index contributed by atoms with van der Waals surface area (Å²) in [4.78, 5) is 26.9. The Labute approximate surface area is 216 Å². The summed E-state index contributed by atoms with van der Waals surface area (Å²) in [5.74, 6) is 0.618. The van der Waals surface area contributed by atoms with E-state index in [1.165, 1.54) is 12.0 Å². The number of ether oxygens (including phenoxy) is 2. The van der Waals surface area contributed by atoms with Crippen LogP contribution in [0.1, 0.15) is 16.7 Å². The second kappa shape index (κ2) is 10.7. The van der Waals surface area contributed by atoms with Gasteiger partial charge in [0.2, 0.25) is 0 Å². The van der Waals surface area contributed by atoms with Gasteiger partial charge in [0, 0.05) is 20.6 Å². The fourth-order valence-corrected chi connectivity index (χ4v) is 4.77. The first kappa shape index (κ1) is 24.5. The second-order valence-electron chi connectivity index (χ2n) is 7.29. The van der Waals surface area contributed by atoms with Gasteiger partial charge in [0.15, 0.2) is 11.5 Å². The van der Waals surface area contributed by atoms with Crippen molar-refractivity contribution in [3.8, 4) is 11.5 Å². The maximum absolute atomic E-state index is 12.9. The van der Waals surface area contributed by atoms with E-state index in [9.17, 15) is 9.59 Å². The Morgan fingerprint density at radius 3 is 2.44 bits per heavy atom. The molecule has 0 unspecified atom stereocenters. The number of imide groups is 1. The molecule has 0 spiro atoms. The van der Waals surface area contributed by atoms with Crippen LogP contribution in [0.15, 0.2) is 65.6 Å². The SMILES string of the molecule is COc1ccc(/C=C2\SC(=O)N(Cc3ccccc3Cl)C2=O)cc1OCc1ccc(Cl)cc1Cl. The van der Waals surface area contributed by atoms with E-state index in [-0.39, 0.29) is 24.3 Å². The van der Waals surface area contributed by atoms with Gasteiger partial charge in [-0.2, -0.15) is 0 Å². The van der Waals surface area contributed by atoms with Gasteiger partial charge in [0.1, 0.15) is 6.61 Å². The van der Waals surface area contributed by atoms with Crippen LogP contribution in [0.2, 0.25) is 15.1 Å². The lowest BCUT2D eigenvalue weighted by Gasteiger charge is -2.13. The predicted octanol–water partition coefficient (Wildman–Crippen LogP) is 7.47. The zero-order chi connectivity index (χ0) is 24.2. The summed E-state index contributed by atoms with van der Waals surface area (Å²) in [5, 5.41) is 1.19. The summed E-state index contributed by atoms with van der Waals surface area (Å²) in [7, 11) is 1.54. The van der Waals surface area contributed by atoms with Crippen molar-refractivity contribution < 1.29 is 19.1 Å². The molecule has 1 saturated heterocycles. The van der Waals surface area contributed by atoms with Gasteiger partial charge >= 0.3 is 0 Å². The molecule has 1 aliphatic rings. The number of halogens is 3. The van der Waals surface area contributed by atoms with Gasteiger partial charge in [-0.25, -0.2) is 0 Å². The molecule has 5 nitrogen and oxygen atoms in total. The first-order valence-corrected chi connectivity index (χ1v) is 12.0. The fourth-order valence-electron chi connectivity index (χ4n) is 3.27. The molecule has 1 heterocycles. The van der Waals surface area contributed by atoms with Gasteiger partial charge in [0.05, 0.1) is 18.6 Å². The molecule has 9 heteroatoms. The highest BCUT2D eigenvalue weighted by molar-refractivity contribution is 8.18. The van der Waals surface area contributed by atoms with E-state index < -0.39 is 0 Å². The number of hydrogen-bond acceptors (Lipinski definition) is 5. The molecule has 0 aliphatic carbocycles. The molecule has 0 aromatic heterocycles. The molecule has 1 aliphatic heterocycles. The number of rotatable bonds is 7. The van der Waals surface area contributed by atoms with Crippen LogP contribution < -0.4 is 9.47 Å². The maximum atomic E-state index is 12.9. The van der Waals surface area contributed by atoms with Crippen molar-refractivity contribution in [1.82, 2.24) is 4.90 Å². The summed E-state index contributed by atoms with van der Waals surface area (Å²) in [6.07, 6.45) is 1.65. The van der Waals surface area contributed by atoms with Crippen LogP contribution in [-0.2, 0) is 17.9 Å². The van der Waals surface area contributed by atoms with Crippen LogP contribution in [0.3, 0.4) is 0 Å². The van der Waals surface area contributed by atoms with Crippen molar-refractivity contribution in [3.05, 3.63) is 97.3 Å². The molecule has 0 saturated carbocycles. The smallest absolute Gasteiger partial charge is 0.293 e. The predicted molar refractivity (Wildman–Crippen MR) is 137 cm³/mol. The topological polar surface area (TPSA) is 55.8 Å². The largest absolute Gasteiger partial charge is 0.493 e. The highest BCUT2D eigenvalue weighted by Gasteiger charge is 2.35. The van der Waals surface area contributed by atoms with Gasteiger partial charge in [-0.3, -0.25) is 14.5 Å². The molecule has 0 bridgehead atoms. The fraction of sp³-hybridized carbons (Fsp3) is 0.120. The Bertz CT molecular complexity index is 1290. The second-order valence-corrected chi connectivity index (χ2v) is 9.54. The van der Waals surface area contributed by atoms with Crippen molar-refractivity contribution in [2.75, 3.05) is 7.11 Å². The number of thioether (sulfide) groups is 1. The van der Waals surface area contributed by atoms with Crippen LogP contribution in [0.25, 0.3) is 6.08 Å². The first-order valence-electron chi connectivity index (χ1n) is 10.1. The Morgan fingerprint density at radius 1 is 0.912 bits per heavy atom. The van der Waals surface area contributed by atoms with Crippen molar-refractivity contribution in [1.29, 1.82) is 0 Å². The average molecular weight is 535 g/mol. The van der Waals surface area contributed by atoms with Gasteiger partial charge in [-0.05, 0) is 59.3 Å². The molecule has 1 fully saturated rings. The van der Waals surface area contributed by atoms with Crippen LogP contribution in [0, 0.1) is 0 Å². The van der Waals surface area contributed by atoms with Gasteiger partial charge in [-0.15, -0.1) is 0 Å². The third-order valence-electron chi connectivity index (χ3n) is 5.04. The van der Waals surface area contributed by atoms with Gasteiger partial charge in [-0.1, -0.05) is 65.1 Å². The summed E-state index contributed by atoms with van der Waals surface area (Å²) in [6.45, 7) is 0.310. The van der Waals surface area contributed by atoms with E-state index in [2.05, 4.69) is 0 Å². The van der Waals surface area contributed by atoms with Crippen molar-refractivity contribution >= 4 is 63.8 Å². The quantitative estimate of drug-likeness (QED) is 0.294. The van der Waals surface area contributed by atoms with E-state index in [0.29, 0.717) is 42.6 Å². The van der Waals surface area contributed by atoms with Crippen molar-refractivity contribution in [2.45, 2.75) is 13.2 Å². The Morgan fingerprint density at radius 2 is 1.71 bits per heavy atom. The standard InChI is InChI=1S/C25H18Cl3NO4S/c1-32-21-9-6-15(10-22(21)33-14-17-7-8-18(26)12-20(17)28)11-23-24(30)29(25(31)34-23)13-16-4-2-3-5-19(16)27/h2-12H,13-14H2,1H3/b23-11-. The third-order valence-corrected chi connectivity index (χ3v) is 6.91. The minimum absolute atomic E-state index is 0.112. The van der Waals surface area contributed by atoms with Crippen molar-refractivity contribution in [3.63, 3.8) is 0 Å². The minimum Gasteiger partial charge on any atom is -0.493 e. The lowest BCUT2D eigenvalue weighted by Crippen LogP contribution is -2.27. The normalized spacial score (nSPS) is 14.7. The molecule has 0 atom stereocenters. The first-order chi connectivity index (χ1) is 16.4. The molecular weight excluding hydrogens is 517 g/mol. The molecule has 0 radical (unpaired) electrons. The highest BCUT2D eigenvalue weighted by atomic mass is 35.5. The van der Waals surface area contributed by atoms with Crippen LogP contribution in [0.4, 0.5) is 4.79 Å². The summed E-state index contributed by atoms with van der Waals surface area (Å²) in [6, 6.07) is 17.5. The van der Waals surface area contributed by atoms with Crippen LogP contribution >= 0.6 is 46.6 Å². The zero-order valence-corrected chi connectivity index (χ0v) is 21.0. The average Bonchev–Trinajstić information content (AvgIpc) is 3.07. The van der Waals surface area contributed by atoms with Crippen molar-refractivity contribution in [2.24, 2.45) is 0 Å². The Balaban J connectivity index is 1.53. The number of nitrogens with zero attached hydrogens (tertiary/aromatic N) is 1. The maximum Gasteiger partial charge on any atom is 0.293 e. The Hall–Kier alpha value is -2.64.